The van der Waals surface area contributed by atoms with Crippen molar-refractivity contribution in [2.75, 3.05) is 45.9 Å². The first-order chi connectivity index (χ1) is 15.2. The van der Waals surface area contributed by atoms with Gasteiger partial charge in [0.1, 0.15) is 18.1 Å². The van der Waals surface area contributed by atoms with Crippen LogP contribution in [0.25, 0.3) is 0 Å². The van der Waals surface area contributed by atoms with E-state index in [0.29, 0.717) is 43.1 Å². The molecule has 0 aliphatic rings. The van der Waals surface area contributed by atoms with Crippen LogP contribution in [0.1, 0.15) is 56.0 Å². The molecule has 1 rings (SSSR count). The van der Waals surface area contributed by atoms with Gasteiger partial charge in [0.05, 0.1) is 44.9 Å². The highest BCUT2D eigenvalue weighted by Gasteiger charge is 2.18. The van der Waals surface area contributed by atoms with E-state index in [4.69, 9.17) is 18.9 Å². The fraction of sp³-hybridized carbons (Fsp3) is 0.636. The highest BCUT2D eigenvalue weighted by atomic mass is 32.2. The van der Waals surface area contributed by atoms with Crippen LogP contribution in [0, 0.1) is 0 Å². The first kappa shape index (κ1) is 27.9. The van der Waals surface area contributed by atoms with Crippen LogP contribution in [-0.4, -0.2) is 66.1 Å². The number of hydrogen-bond donors (Lipinski definition) is 0. The van der Waals surface area contributed by atoms with Gasteiger partial charge in [-0.1, -0.05) is 13.3 Å². The largest absolute Gasteiger partial charge is 0.493 e. The molecule has 0 fully saturated rings. The lowest BCUT2D eigenvalue weighted by molar-refractivity contribution is -0.143. The van der Waals surface area contributed by atoms with Crippen LogP contribution in [-0.2, 0) is 35.0 Å². The van der Waals surface area contributed by atoms with Gasteiger partial charge in [-0.05, 0) is 38.8 Å². The highest BCUT2D eigenvalue weighted by Crippen LogP contribution is 2.34. The molecule has 182 valence electrons. The molecule has 0 aromatic heterocycles. The second-order valence-electron chi connectivity index (χ2n) is 6.97. The standard InChI is InChI=1S/C22H34O9S/c1-5-8-19-20(29-12-7-9-21(24)28-6-2)11-10-18(17(3)23)22(19)30-15-13-27-14-16-31-32(4,25)26/h10-11H,5-9,12-16H2,1-4H3. The van der Waals surface area contributed by atoms with Crippen molar-refractivity contribution in [3.8, 4) is 11.5 Å². The molecular formula is C22H34O9S. The molecule has 0 aliphatic carbocycles. The van der Waals surface area contributed by atoms with Crippen LogP contribution in [0.15, 0.2) is 12.1 Å². The molecule has 1 aromatic carbocycles. The summed E-state index contributed by atoms with van der Waals surface area (Å²) in [6, 6.07) is 3.41. The lowest BCUT2D eigenvalue weighted by Gasteiger charge is -2.19. The summed E-state index contributed by atoms with van der Waals surface area (Å²) in [5.41, 5.74) is 1.24. The van der Waals surface area contributed by atoms with Gasteiger partial charge in [-0.2, -0.15) is 8.42 Å². The minimum atomic E-state index is -3.50. The Morgan fingerprint density at radius 1 is 0.969 bits per heavy atom. The predicted molar refractivity (Wildman–Crippen MR) is 119 cm³/mol. The quantitative estimate of drug-likeness (QED) is 0.145. The molecule has 0 bridgehead atoms. The Bertz CT molecular complexity index is 834. The van der Waals surface area contributed by atoms with Gasteiger partial charge in [0, 0.05) is 12.0 Å². The normalized spacial score (nSPS) is 11.2. The van der Waals surface area contributed by atoms with Gasteiger partial charge in [0.2, 0.25) is 0 Å². The zero-order valence-electron chi connectivity index (χ0n) is 19.3. The monoisotopic (exact) mass is 474 g/mol. The first-order valence-electron chi connectivity index (χ1n) is 10.7. The molecule has 1 aromatic rings. The molecule has 0 amide bonds. The van der Waals surface area contributed by atoms with Crippen molar-refractivity contribution < 1.29 is 41.1 Å². The van der Waals surface area contributed by atoms with E-state index < -0.39 is 10.1 Å². The molecule has 0 saturated carbocycles. The van der Waals surface area contributed by atoms with Gasteiger partial charge in [-0.15, -0.1) is 0 Å². The van der Waals surface area contributed by atoms with Gasteiger partial charge in [0.25, 0.3) is 10.1 Å². The molecule has 0 heterocycles. The molecule has 0 N–H and O–H groups in total. The highest BCUT2D eigenvalue weighted by molar-refractivity contribution is 7.85. The summed E-state index contributed by atoms with van der Waals surface area (Å²) in [7, 11) is -3.50. The molecule has 9 nitrogen and oxygen atoms in total. The number of Topliss-reactive ketones (excluding diaryl/α,β-unsaturated/α-hetero) is 1. The Morgan fingerprint density at radius 2 is 1.69 bits per heavy atom. The van der Waals surface area contributed by atoms with E-state index in [1.807, 2.05) is 6.92 Å². The van der Waals surface area contributed by atoms with E-state index >= 15 is 0 Å². The summed E-state index contributed by atoms with van der Waals surface area (Å²) in [6.45, 7) is 6.31. The Hall–Kier alpha value is -2.17. The van der Waals surface area contributed by atoms with Crippen molar-refractivity contribution in [2.24, 2.45) is 0 Å². The zero-order valence-corrected chi connectivity index (χ0v) is 20.1. The number of esters is 1. The first-order valence-corrected chi connectivity index (χ1v) is 12.5. The number of benzene rings is 1. The fourth-order valence-electron chi connectivity index (χ4n) is 2.85. The molecule has 32 heavy (non-hydrogen) atoms. The van der Waals surface area contributed by atoms with E-state index in [9.17, 15) is 18.0 Å². The Morgan fingerprint density at radius 3 is 2.31 bits per heavy atom. The van der Waals surface area contributed by atoms with Crippen LogP contribution in [0.3, 0.4) is 0 Å². The van der Waals surface area contributed by atoms with E-state index in [0.717, 1.165) is 18.2 Å². The number of ether oxygens (including phenoxy) is 4. The van der Waals surface area contributed by atoms with Crippen molar-refractivity contribution in [1.29, 1.82) is 0 Å². The van der Waals surface area contributed by atoms with Gasteiger partial charge in [-0.25, -0.2) is 0 Å². The van der Waals surface area contributed by atoms with Gasteiger partial charge in [-0.3, -0.25) is 13.8 Å². The third-order valence-electron chi connectivity index (χ3n) is 4.18. The summed E-state index contributed by atoms with van der Waals surface area (Å²) < 4.78 is 48.5. The number of rotatable bonds is 17. The topological polar surface area (TPSA) is 114 Å². The Kier molecular flexibility index (Phi) is 12.9. The maximum Gasteiger partial charge on any atom is 0.305 e. The second kappa shape index (κ2) is 14.8. The van der Waals surface area contributed by atoms with E-state index in [2.05, 4.69) is 4.18 Å². The van der Waals surface area contributed by atoms with E-state index in [1.165, 1.54) is 6.92 Å². The third kappa shape index (κ3) is 10.9. The predicted octanol–water partition coefficient (Wildman–Crippen LogP) is 2.94. The summed E-state index contributed by atoms with van der Waals surface area (Å²) in [5.74, 6) is 0.674. The molecule has 0 unspecified atom stereocenters. The van der Waals surface area contributed by atoms with Crippen LogP contribution >= 0.6 is 0 Å². The van der Waals surface area contributed by atoms with Crippen molar-refractivity contribution in [2.45, 2.75) is 46.5 Å². The SMILES string of the molecule is CCCc1c(OCCCC(=O)OCC)ccc(C(C)=O)c1OCCOCCOS(C)(=O)=O. The van der Waals surface area contributed by atoms with Crippen molar-refractivity contribution in [1.82, 2.24) is 0 Å². The van der Waals surface area contributed by atoms with Crippen molar-refractivity contribution in [3.63, 3.8) is 0 Å². The average molecular weight is 475 g/mol. The fourth-order valence-corrected chi connectivity index (χ4v) is 3.23. The smallest absolute Gasteiger partial charge is 0.305 e. The molecule has 0 spiro atoms. The minimum Gasteiger partial charge on any atom is -0.493 e. The van der Waals surface area contributed by atoms with Crippen molar-refractivity contribution in [3.05, 3.63) is 23.3 Å². The number of carbonyl (C=O) groups excluding carboxylic acids is 2. The molecule has 0 radical (unpaired) electrons. The number of carbonyl (C=O) groups is 2. The maximum atomic E-state index is 12.1. The number of ketones is 1. The van der Waals surface area contributed by atoms with Gasteiger partial charge in [0.15, 0.2) is 5.78 Å². The Balaban J connectivity index is 2.75. The lowest BCUT2D eigenvalue weighted by atomic mass is 10.0. The van der Waals surface area contributed by atoms with E-state index in [1.54, 1.807) is 19.1 Å². The summed E-state index contributed by atoms with van der Waals surface area (Å²) >= 11 is 0. The molecule has 0 aliphatic heterocycles. The van der Waals surface area contributed by atoms with E-state index in [-0.39, 0.29) is 44.6 Å². The Labute approximate surface area is 190 Å². The van der Waals surface area contributed by atoms with Crippen LogP contribution in [0.4, 0.5) is 0 Å². The van der Waals surface area contributed by atoms with Gasteiger partial charge >= 0.3 is 5.97 Å². The summed E-state index contributed by atoms with van der Waals surface area (Å²) in [4.78, 5) is 23.6. The van der Waals surface area contributed by atoms with Crippen LogP contribution < -0.4 is 9.47 Å². The molecule has 10 heteroatoms. The molecule has 0 saturated heterocycles. The second-order valence-corrected chi connectivity index (χ2v) is 8.61. The zero-order chi connectivity index (χ0) is 24.0. The summed E-state index contributed by atoms with van der Waals surface area (Å²) in [5, 5.41) is 0. The number of hydrogen-bond acceptors (Lipinski definition) is 9. The van der Waals surface area contributed by atoms with Crippen LogP contribution in [0.5, 0.6) is 11.5 Å². The molecular weight excluding hydrogens is 440 g/mol. The van der Waals surface area contributed by atoms with Gasteiger partial charge < -0.3 is 18.9 Å². The summed E-state index contributed by atoms with van der Waals surface area (Å²) in [6.07, 6.45) is 3.22. The average Bonchev–Trinajstić information content (AvgIpc) is 2.71. The minimum absolute atomic E-state index is 0.0757. The molecule has 0 atom stereocenters. The lowest BCUT2D eigenvalue weighted by Crippen LogP contribution is -2.15. The van der Waals surface area contributed by atoms with Crippen LogP contribution in [0.2, 0.25) is 0 Å². The van der Waals surface area contributed by atoms with Crippen molar-refractivity contribution >= 4 is 21.9 Å². The maximum absolute atomic E-state index is 12.1. The third-order valence-corrected chi connectivity index (χ3v) is 4.78.